The van der Waals surface area contributed by atoms with Crippen molar-refractivity contribution in [2.24, 2.45) is 0 Å². The zero-order valence-electron chi connectivity index (χ0n) is 9.71. The summed E-state index contributed by atoms with van der Waals surface area (Å²) < 4.78 is 26.2. The van der Waals surface area contributed by atoms with Gasteiger partial charge in [0.05, 0.1) is 5.01 Å². The van der Waals surface area contributed by atoms with E-state index >= 15 is 0 Å². The summed E-state index contributed by atoms with van der Waals surface area (Å²) in [5, 5.41) is 1.04. The van der Waals surface area contributed by atoms with Crippen LogP contribution in [0.25, 0.3) is 0 Å². The first kappa shape index (κ1) is 12.2. The molecule has 0 unspecified atom stereocenters. The molecule has 0 saturated carbocycles. The molecule has 0 spiro atoms. The molecule has 2 rings (SSSR count). The van der Waals surface area contributed by atoms with Crippen molar-refractivity contribution in [3.63, 3.8) is 0 Å². The molecule has 1 aromatic heterocycles. The number of rotatable bonds is 3. The van der Waals surface area contributed by atoms with E-state index in [1.54, 1.807) is 17.5 Å². The van der Waals surface area contributed by atoms with Crippen LogP contribution in [-0.2, 0) is 6.42 Å². The lowest BCUT2D eigenvalue weighted by Crippen LogP contribution is -1.91. The van der Waals surface area contributed by atoms with Gasteiger partial charge in [0.25, 0.3) is 0 Å². The van der Waals surface area contributed by atoms with Crippen LogP contribution in [0.2, 0.25) is 0 Å². The Labute approximate surface area is 103 Å². The van der Waals surface area contributed by atoms with E-state index in [0.29, 0.717) is 17.9 Å². The fourth-order valence-electron chi connectivity index (χ4n) is 1.52. The van der Waals surface area contributed by atoms with Gasteiger partial charge in [-0.05, 0) is 11.6 Å². The topological polar surface area (TPSA) is 12.9 Å². The van der Waals surface area contributed by atoms with Gasteiger partial charge in [-0.1, -0.05) is 19.9 Å². The van der Waals surface area contributed by atoms with Gasteiger partial charge in [-0.25, -0.2) is 13.8 Å². The molecule has 1 nitrogen and oxygen atoms in total. The fourth-order valence-corrected chi connectivity index (χ4v) is 2.47. The highest BCUT2D eigenvalue weighted by atomic mass is 32.1. The average Bonchev–Trinajstić information content (AvgIpc) is 2.71. The van der Waals surface area contributed by atoms with Crippen LogP contribution in [-0.4, -0.2) is 4.98 Å². The molecular weight excluding hydrogens is 240 g/mol. The van der Waals surface area contributed by atoms with E-state index in [2.05, 4.69) is 18.8 Å². The molecule has 0 aliphatic rings. The third-order valence-corrected chi connectivity index (χ3v) is 3.74. The van der Waals surface area contributed by atoms with E-state index in [1.165, 1.54) is 12.1 Å². The minimum absolute atomic E-state index is 0.381. The summed E-state index contributed by atoms with van der Waals surface area (Å²) in [5.41, 5.74) is 0.505. The summed E-state index contributed by atoms with van der Waals surface area (Å²) in [7, 11) is 0. The Bertz CT molecular complexity index is 520. The predicted molar refractivity (Wildman–Crippen MR) is 65.4 cm³/mol. The molecule has 0 amide bonds. The van der Waals surface area contributed by atoms with Gasteiger partial charge in [0.2, 0.25) is 0 Å². The Hall–Kier alpha value is -1.29. The van der Waals surface area contributed by atoms with Crippen LogP contribution < -0.4 is 0 Å². The lowest BCUT2D eigenvalue weighted by atomic mass is 10.1. The number of halogens is 2. The Morgan fingerprint density at radius 1 is 1.29 bits per heavy atom. The molecule has 0 saturated heterocycles. The largest absolute Gasteiger partial charge is 0.249 e. The second kappa shape index (κ2) is 4.92. The third-order valence-electron chi connectivity index (χ3n) is 2.45. The van der Waals surface area contributed by atoms with Crippen LogP contribution in [0.4, 0.5) is 8.78 Å². The predicted octanol–water partition coefficient (Wildman–Crippen LogP) is 4.14. The Morgan fingerprint density at radius 3 is 2.65 bits per heavy atom. The summed E-state index contributed by atoms with van der Waals surface area (Å²) in [6.07, 6.45) is 2.24. The Morgan fingerprint density at radius 2 is 2.06 bits per heavy atom. The Kier molecular flexibility index (Phi) is 3.52. The number of hydrogen-bond acceptors (Lipinski definition) is 2. The van der Waals surface area contributed by atoms with Crippen molar-refractivity contribution in [2.75, 3.05) is 0 Å². The van der Waals surface area contributed by atoms with Gasteiger partial charge < -0.3 is 0 Å². The molecular formula is C13H13F2NS. The third kappa shape index (κ3) is 2.88. The lowest BCUT2D eigenvalue weighted by Gasteiger charge is -2.01. The standard InChI is InChI=1S/C13H13F2NS/c1-8(2)13-16-7-11(17-13)5-9-3-4-10(14)6-12(9)15/h3-4,6-8H,5H2,1-2H3. The molecule has 0 fully saturated rings. The molecule has 1 aromatic carbocycles. The number of nitrogens with zero attached hydrogens (tertiary/aromatic N) is 1. The van der Waals surface area contributed by atoms with E-state index in [4.69, 9.17) is 0 Å². The van der Waals surface area contributed by atoms with Gasteiger partial charge in [-0.2, -0.15) is 0 Å². The van der Waals surface area contributed by atoms with Crippen LogP contribution in [0.15, 0.2) is 24.4 Å². The number of benzene rings is 1. The maximum Gasteiger partial charge on any atom is 0.129 e. The highest BCUT2D eigenvalue weighted by molar-refractivity contribution is 7.11. The van der Waals surface area contributed by atoms with Gasteiger partial charge in [0.1, 0.15) is 11.6 Å². The van der Waals surface area contributed by atoms with Crippen molar-refractivity contribution in [1.29, 1.82) is 0 Å². The smallest absolute Gasteiger partial charge is 0.129 e. The van der Waals surface area contributed by atoms with Gasteiger partial charge in [0, 0.05) is 29.5 Å². The van der Waals surface area contributed by atoms with Crippen LogP contribution in [0.1, 0.15) is 35.2 Å². The quantitative estimate of drug-likeness (QED) is 0.801. The maximum atomic E-state index is 13.4. The minimum Gasteiger partial charge on any atom is -0.249 e. The molecule has 0 aliphatic carbocycles. The molecule has 0 aliphatic heterocycles. The first-order chi connectivity index (χ1) is 8.06. The van der Waals surface area contributed by atoms with Crippen molar-refractivity contribution in [3.8, 4) is 0 Å². The molecule has 0 atom stereocenters. The van der Waals surface area contributed by atoms with E-state index in [1.807, 2.05) is 0 Å². The molecule has 2 aromatic rings. The van der Waals surface area contributed by atoms with Crippen LogP contribution in [0, 0.1) is 11.6 Å². The van der Waals surface area contributed by atoms with E-state index in [0.717, 1.165) is 16.0 Å². The molecule has 1 heterocycles. The summed E-state index contributed by atoms with van der Waals surface area (Å²) in [5.74, 6) is -0.658. The second-order valence-electron chi connectivity index (χ2n) is 4.23. The Balaban J connectivity index is 2.19. The van der Waals surface area contributed by atoms with Gasteiger partial charge >= 0.3 is 0 Å². The molecule has 0 radical (unpaired) electrons. The zero-order valence-corrected chi connectivity index (χ0v) is 10.5. The summed E-state index contributed by atoms with van der Waals surface area (Å²) in [4.78, 5) is 5.28. The van der Waals surface area contributed by atoms with Gasteiger partial charge in [-0.15, -0.1) is 11.3 Å². The summed E-state index contributed by atoms with van der Waals surface area (Å²) in [6.45, 7) is 4.14. The first-order valence-corrected chi connectivity index (χ1v) is 6.26. The number of hydrogen-bond donors (Lipinski definition) is 0. The molecule has 0 bridgehead atoms. The number of thiazole rings is 1. The fraction of sp³-hybridized carbons (Fsp3) is 0.308. The summed E-state index contributed by atoms with van der Waals surface area (Å²) >= 11 is 1.58. The van der Waals surface area contributed by atoms with Crippen molar-refractivity contribution in [2.45, 2.75) is 26.2 Å². The highest BCUT2D eigenvalue weighted by Gasteiger charge is 2.09. The van der Waals surface area contributed by atoms with E-state index in [9.17, 15) is 8.78 Å². The van der Waals surface area contributed by atoms with Crippen LogP contribution >= 0.6 is 11.3 Å². The van der Waals surface area contributed by atoms with Crippen molar-refractivity contribution in [1.82, 2.24) is 4.98 Å². The first-order valence-electron chi connectivity index (χ1n) is 5.45. The normalized spacial score (nSPS) is 11.1. The van der Waals surface area contributed by atoms with E-state index in [-0.39, 0.29) is 0 Å². The van der Waals surface area contributed by atoms with E-state index < -0.39 is 11.6 Å². The van der Waals surface area contributed by atoms with Crippen LogP contribution in [0.5, 0.6) is 0 Å². The van der Waals surface area contributed by atoms with Crippen LogP contribution in [0.3, 0.4) is 0 Å². The van der Waals surface area contributed by atoms with Gasteiger partial charge in [-0.3, -0.25) is 0 Å². The molecule has 17 heavy (non-hydrogen) atoms. The average molecular weight is 253 g/mol. The SMILES string of the molecule is CC(C)c1ncc(Cc2ccc(F)cc2F)s1. The molecule has 4 heteroatoms. The monoisotopic (exact) mass is 253 g/mol. The zero-order chi connectivity index (χ0) is 12.4. The summed E-state index contributed by atoms with van der Waals surface area (Å²) in [6, 6.07) is 3.68. The minimum atomic E-state index is -0.543. The number of aromatic nitrogens is 1. The van der Waals surface area contributed by atoms with Crippen molar-refractivity contribution >= 4 is 11.3 Å². The van der Waals surface area contributed by atoms with Crippen molar-refractivity contribution < 1.29 is 8.78 Å². The molecule has 0 N–H and O–H groups in total. The maximum absolute atomic E-state index is 13.4. The van der Waals surface area contributed by atoms with Gasteiger partial charge in [0.15, 0.2) is 0 Å². The molecule has 90 valence electrons. The second-order valence-corrected chi connectivity index (χ2v) is 5.38. The van der Waals surface area contributed by atoms with Crippen molar-refractivity contribution in [3.05, 3.63) is 51.5 Å². The highest BCUT2D eigenvalue weighted by Crippen LogP contribution is 2.24. The lowest BCUT2D eigenvalue weighted by molar-refractivity contribution is 0.575.